The average molecular weight is 484 g/mol. The van der Waals surface area contributed by atoms with Crippen LogP contribution in [0.4, 0.5) is 13.2 Å². The van der Waals surface area contributed by atoms with E-state index in [0.717, 1.165) is 24.4 Å². The van der Waals surface area contributed by atoms with Crippen molar-refractivity contribution in [1.29, 1.82) is 0 Å². The first-order chi connectivity index (χ1) is 15.1. The standard InChI is InChI=1S/C22H17ClF3NO4S/c1-31-21(28)9-5-15-11-18(20(26)12-27-15)22(17-10-14(24)4-8-19(17)25)32(29,30)16-6-2-13(23)3-7-16/h2-4,6-8,10-12,22H,5,9H2,1H3. The van der Waals surface area contributed by atoms with E-state index >= 15 is 0 Å². The van der Waals surface area contributed by atoms with Crippen LogP contribution in [0.15, 0.2) is 59.6 Å². The number of carbonyl (C=O) groups is 1. The predicted molar refractivity (Wildman–Crippen MR) is 111 cm³/mol. The lowest BCUT2D eigenvalue weighted by Gasteiger charge is -2.21. The lowest BCUT2D eigenvalue weighted by molar-refractivity contribution is -0.140. The van der Waals surface area contributed by atoms with Crippen molar-refractivity contribution in [3.63, 3.8) is 0 Å². The van der Waals surface area contributed by atoms with E-state index in [9.17, 15) is 26.4 Å². The maximum absolute atomic E-state index is 14.9. The molecule has 0 N–H and O–H groups in total. The van der Waals surface area contributed by atoms with Gasteiger partial charge in [0, 0.05) is 28.3 Å². The van der Waals surface area contributed by atoms with Crippen LogP contribution in [0.2, 0.25) is 5.02 Å². The van der Waals surface area contributed by atoms with E-state index in [4.69, 9.17) is 11.6 Å². The Morgan fingerprint density at radius 1 is 1.03 bits per heavy atom. The molecule has 3 rings (SSSR count). The summed E-state index contributed by atoms with van der Waals surface area (Å²) in [6, 6.07) is 8.46. The third-order valence-electron chi connectivity index (χ3n) is 4.73. The number of hydrogen-bond donors (Lipinski definition) is 0. The molecular formula is C22H17ClF3NO4S. The third-order valence-corrected chi connectivity index (χ3v) is 7.04. The van der Waals surface area contributed by atoms with Crippen molar-refractivity contribution in [3.05, 3.63) is 94.0 Å². The number of benzene rings is 2. The molecule has 32 heavy (non-hydrogen) atoms. The zero-order valence-corrected chi connectivity index (χ0v) is 18.3. The first kappa shape index (κ1) is 23.7. The van der Waals surface area contributed by atoms with E-state index in [1.54, 1.807) is 0 Å². The van der Waals surface area contributed by atoms with Crippen molar-refractivity contribution in [3.8, 4) is 0 Å². The van der Waals surface area contributed by atoms with Gasteiger partial charge in [0.15, 0.2) is 9.84 Å². The van der Waals surface area contributed by atoms with Crippen LogP contribution in [0.3, 0.4) is 0 Å². The van der Waals surface area contributed by atoms with Gasteiger partial charge in [-0.05, 0) is 48.5 Å². The fourth-order valence-corrected chi connectivity index (χ4v) is 5.09. The van der Waals surface area contributed by atoms with Crippen molar-refractivity contribution < 1.29 is 31.1 Å². The summed E-state index contributed by atoms with van der Waals surface area (Å²) in [6.45, 7) is 0. The minimum absolute atomic E-state index is 0.0271. The maximum Gasteiger partial charge on any atom is 0.305 e. The Bertz CT molecular complexity index is 1250. The lowest BCUT2D eigenvalue weighted by atomic mass is 10.0. The van der Waals surface area contributed by atoms with Gasteiger partial charge in [0.2, 0.25) is 0 Å². The van der Waals surface area contributed by atoms with E-state index in [2.05, 4.69) is 9.72 Å². The summed E-state index contributed by atoms with van der Waals surface area (Å²) in [7, 11) is -3.26. The molecule has 0 aliphatic carbocycles. The molecule has 0 amide bonds. The number of nitrogens with zero attached hydrogens (tertiary/aromatic N) is 1. The monoisotopic (exact) mass is 483 g/mol. The molecule has 2 aromatic carbocycles. The van der Waals surface area contributed by atoms with E-state index in [-0.39, 0.29) is 28.5 Å². The number of hydrogen-bond acceptors (Lipinski definition) is 5. The van der Waals surface area contributed by atoms with Gasteiger partial charge in [-0.15, -0.1) is 0 Å². The third kappa shape index (κ3) is 5.11. The fourth-order valence-electron chi connectivity index (χ4n) is 3.15. The van der Waals surface area contributed by atoms with Gasteiger partial charge in [-0.3, -0.25) is 9.78 Å². The first-order valence-electron chi connectivity index (χ1n) is 9.29. The van der Waals surface area contributed by atoms with Crippen LogP contribution in [-0.4, -0.2) is 26.5 Å². The minimum atomic E-state index is -4.46. The molecule has 1 atom stereocenters. The highest BCUT2D eigenvalue weighted by molar-refractivity contribution is 7.91. The number of sulfone groups is 1. The number of pyridine rings is 1. The fraction of sp³-hybridized carbons (Fsp3) is 0.182. The Hall–Kier alpha value is -2.91. The molecule has 0 saturated carbocycles. The summed E-state index contributed by atoms with van der Waals surface area (Å²) in [4.78, 5) is 15.0. The quantitative estimate of drug-likeness (QED) is 0.450. The summed E-state index contributed by atoms with van der Waals surface area (Å²) < 4.78 is 75.0. The van der Waals surface area contributed by atoms with Crippen molar-refractivity contribution in [2.75, 3.05) is 7.11 Å². The molecular weight excluding hydrogens is 467 g/mol. The van der Waals surface area contributed by atoms with Gasteiger partial charge in [-0.2, -0.15) is 0 Å². The Morgan fingerprint density at radius 3 is 2.34 bits per heavy atom. The number of halogens is 4. The zero-order valence-electron chi connectivity index (χ0n) is 16.7. The molecule has 0 aliphatic rings. The SMILES string of the molecule is COC(=O)CCc1cc(C(c2cc(F)ccc2F)S(=O)(=O)c2ccc(Cl)cc2)c(F)cn1. The summed E-state index contributed by atoms with van der Waals surface area (Å²) in [5.74, 6) is -3.49. The zero-order chi connectivity index (χ0) is 23.5. The predicted octanol–water partition coefficient (Wildman–Crippen LogP) is 4.82. The summed E-state index contributed by atoms with van der Waals surface area (Å²) in [5.41, 5.74) is -0.816. The number of ether oxygens (including phenoxy) is 1. The van der Waals surface area contributed by atoms with Gasteiger partial charge in [-0.25, -0.2) is 21.6 Å². The molecule has 1 unspecified atom stereocenters. The normalized spacial score (nSPS) is 12.4. The summed E-state index contributed by atoms with van der Waals surface area (Å²) in [6.07, 6.45) is 0.723. The molecule has 168 valence electrons. The largest absolute Gasteiger partial charge is 0.469 e. The number of aryl methyl sites for hydroxylation is 1. The Labute approximate surface area is 187 Å². The van der Waals surface area contributed by atoms with Crippen molar-refractivity contribution in [2.45, 2.75) is 23.0 Å². The van der Waals surface area contributed by atoms with Crippen LogP contribution in [0.1, 0.15) is 28.5 Å². The minimum Gasteiger partial charge on any atom is -0.469 e. The van der Waals surface area contributed by atoms with Crippen LogP contribution in [-0.2, 0) is 25.8 Å². The highest BCUT2D eigenvalue weighted by Crippen LogP contribution is 2.38. The van der Waals surface area contributed by atoms with Crippen molar-refractivity contribution in [2.24, 2.45) is 0 Å². The van der Waals surface area contributed by atoms with E-state index in [0.29, 0.717) is 6.07 Å². The molecule has 0 spiro atoms. The number of carbonyl (C=O) groups excluding carboxylic acids is 1. The highest BCUT2D eigenvalue weighted by atomic mass is 35.5. The molecule has 5 nitrogen and oxygen atoms in total. The molecule has 0 radical (unpaired) electrons. The van der Waals surface area contributed by atoms with Crippen molar-refractivity contribution in [1.82, 2.24) is 4.98 Å². The molecule has 1 heterocycles. The molecule has 3 aromatic rings. The molecule has 1 aromatic heterocycles. The second kappa shape index (κ2) is 9.70. The second-order valence-corrected chi connectivity index (χ2v) is 9.29. The van der Waals surface area contributed by atoms with Gasteiger partial charge in [-0.1, -0.05) is 11.6 Å². The van der Waals surface area contributed by atoms with Gasteiger partial charge in [0.25, 0.3) is 0 Å². The number of aromatic nitrogens is 1. The molecule has 0 aliphatic heterocycles. The Kier molecular flexibility index (Phi) is 7.20. The van der Waals surface area contributed by atoms with Gasteiger partial charge < -0.3 is 4.74 Å². The van der Waals surface area contributed by atoms with E-state index < -0.39 is 49.6 Å². The van der Waals surface area contributed by atoms with E-state index in [1.807, 2.05) is 0 Å². The lowest BCUT2D eigenvalue weighted by Crippen LogP contribution is -2.19. The van der Waals surface area contributed by atoms with Crippen LogP contribution in [0, 0.1) is 17.5 Å². The number of esters is 1. The van der Waals surface area contributed by atoms with Crippen molar-refractivity contribution >= 4 is 27.4 Å². The smallest absolute Gasteiger partial charge is 0.305 e. The van der Waals surface area contributed by atoms with Crippen LogP contribution in [0.25, 0.3) is 0 Å². The molecule has 10 heteroatoms. The second-order valence-electron chi connectivity index (χ2n) is 6.82. The van der Waals surface area contributed by atoms with Gasteiger partial charge in [0.1, 0.15) is 22.7 Å². The Morgan fingerprint density at radius 2 is 1.69 bits per heavy atom. The number of rotatable bonds is 7. The summed E-state index contributed by atoms with van der Waals surface area (Å²) >= 11 is 5.83. The topological polar surface area (TPSA) is 73.3 Å². The highest BCUT2D eigenvalue weighted by Gasteiger charge is 2.35. The van der Waals surface area contributed by atoms with Crippen LogP contribution in [0.5, 0.6) is 0 Å². The molecule has 0 bridgehead atoms. The molecule has 0 saturated heterocycles. The number of methoxy groups -OCH3 is 1. The van der Waals surface area contributed by atoms with Gasteiger partial charge >= 0.3 is 5.97 Å². The Balaban J connectivity index is 2.21. The van der Waals surface area contributed by atoms with E-state index in [1.165, 1.54) is 31.4 Å². The maximum atomic E-state index is 14.9. The first-order valence-corrected chi connectivity index (χ1v) is 11.2. The van der Waals surface area contributed by atoms with Crippen LogP contribution >= 0.6 is 11.6 Å². The van der Waals surface area contributed by atoms with Crippen LogP contribution < -0.4 is 0 Å². The summed E-state index contributed by atoms with van der Waals surface area (Å²) in [5, 5.41) is -1.66. The average Bonchev–Trinajstić information content (AvgIpc) is 2.76. The molecule has 0 fully saturated rings. The van der Waals surface area contributed by atoms with Gasteiger partial charge in [0.05, 0.1) is 24.6 Å².